The molecular formula is C44H47ClN2O8Si. The van der Waals surface area contributed by atoms with Crippen LogP contribution in [0.4, 0.5) is 4.79 Å². The molecule has 0 bridgehead atoms. The third-order valence-electron chi connectivity index (χ3n) is 11.0. The Labute approximate surface area is 333 Å². The van der Waals surface area contributed by atoms with E-state index < -0.39 is 56.7 Å². The molecule has 2 heterocycles. The number of phenolic OH excluding ortho intramolecular Hbond substituents is 1. The van der Waals surface area contributed by atoms with Gasteiger partial charge in [-0.25, -0.2) is 4.79 Å². The maximum Gasteiger partial charge on any atom is 0.423 e. The number of aromatic hydroxyl groups is 1. The number of fused-ring (bicyclic) bond motifs is 1. The van der Waals surface area contributed by atoms with Gasteiger partial charge in [0.05, 0.1) is 49.0 Å². The van der Waals surface area contributed by atoms with Crippen LogP contribution in [0.3, 0.4) is 0 Å². The van der Waals surface area contributed by atoms with Crippen LogP contribution in [0, 0.1) is 17.8 Å². The highest BCUT2D eigenvalue weighted by Gasteiger charge is 2.58. The summed E-state index contributed by atoms with van der Waals surface area (Å²) < 4.78 is 12.1. The Hall–Kier alpha value is -4.91. The molecule has 1 saturated heterocycles. The second-order valence-electron chi connectivity index (χ2n) is 15.3. The molecule has 2 aliphatic rings. The van der Waals surface area contributed by atoms with E-state index in [1.807, 2.05) is 54.6 Å². The van der Waals surface area contributed by atoms with Crippen molar-refractivity contribution < 1.29 is 38.9 Å². The Bertz CT molecular complexity index is 2080. The Kier molecular flexibility index (Phi) is 12.4. The number of rotatable bonds is 12. The number of halogens is 1. The van der Waals surface area contributed by atoms with Crippen LogP contribution in [0.2, 0.25) is 10.1 Å². The van der Waals surface area contributed by atoms with Crippen molar-refractivity contribution in [1.29, 1.82) is 0 Å². The fourth-order valence-corrected chi connectivity index (χ4v) is 13.2. The first-order chi connectivity index (χ1) is 26.8. The number of phenols is 1. The van der Waals surface area contributed by atoms with Crippen LogP contribution >= 0.6 is 11.6 Å². The summed E-state index contributed by atoms with van der Waals surface area (Å²) in [5.74, 6) is -4.48. The number of aromatic nitrogens is 1. The lowest BCUT2D eigenvalue weighted by Crippen LogP contribution is -2.66. The van der Waals surface area contributed by atoms with Gasteiger partial charge in [-0.3, -0.25) is 14.6 Å². The summed E-state index contributed by atoms with van der Waals surface area (Å²) in [6.07, 6.45) is 1.73. The number of hydrogen-bond donors (Lipinski definition) is 3. The molecule has 1 aliphatic carbocycles. The third kappa shape index (κ3) is 7.87. The molecule has 6 rings (SSSR count). The predicted molar refractivity (Wildman–Crippen MR) is 217 cm³/mol. The number of amides is 3. The number of nitrogens with zero attached hydrogens (tertiary/aromatic N) is 2. The number of carbonyl (C=O) groups excluding carboxylic acids is 3. The zero-order valence-corrected chi connectivity index (χ0v) is 33.6. The molecule has 0 radical (unpaired) electrons. The highest BCUT2D eigenvalue weighted by molar-refractivity contribution is 6.99. The minimum atomic E-state index is -3.13. The zero-order valence-electron chi connectivity index (χ0n) is 31.9. The van der Waals surface area contributed by atoms with Gasteiger partial charge in [0.2, 0.25) is 11.8 Å². The van der Waals surface area contributed by atoms with Gasteiger partial charge in [-0.1, -0.05) is 99.1 Å². The van der Waals surface area contributed by atoms with E-state index in [9.17, 15) is 29.7 Å². The quantitative estimate of drug-likeness (QED) is 0.0846. The molecule has 12 heteroatoms. The van der Waals surface area contributed by atoms with Crippen molar-refractivity contribution in [2.45, 2.75) is 51.2 Å². The van der Waals surface area contributed by atoms with E-state index >= 15 is 0 Å². The number of ether oxygens (including phenoxy) is 1. The van der Waals surface area contributed by atoms with Crippen molar-refractivity contribution in [3.8, 4) is 5.75 Å². The summed E-state index contributed by atoms with van der Waals surface area (Å²) in [6.45, 7) is 5.89. The summed E-state index contributed by atoms with van der Waals surface area (Å²) in [5.41, 5.74) is 3.07. The predicted octanol–water partition coefficient (Wildman–Crippen LogP) is 6.38. The molecule has 10 nitrogen and oxygen atoms in total. The van der Waals surface area contributed by atoms with Gasteiger partial charge in [0.15, 0.2) is 0 Å². The number of likely N-dealkylation sites (tertiary alicyclic amines) is 1. The first-order valence-electron chi connectivity index (χ1n) is 18.6. The molecule has 3 aromatic carbocycles. The van der Waals surface area contributed by atoms with Crippen molar-refractivity contribution in [3.05, 3.63) is 131 Å². The minimum absolute atomic E-state index is 0.00510. The van der Waals surface area contributed by atoms with Crippen LogP contribution in [0.5, 0.6) is 5.75 Å². The van der Waals surface area contributed by atoms with E-state index in [1.54, 1.807) is 18.3 Å². The number of allylic oxidation sites excluding steroid dienone is 1. The zero-order chi connectivity index (χ0) is 40.2. The van der Waals surface area contributed by atoms with Crippen LogP contribution in [-0.4, -0.2) is 77.9 Å². The average Bonchev–Trinajstić information content (AvgIpc) is 3.45. The Morgan fingerprint density at radius 3 is 2.18 bits per heavy atom. The molecular weight excluding hydrogens is 748 g/mol. The highest BCUT2D eigenvalue weighted by Crippen LogP contribution is 2.47. The van der Waals surface area contributed by atoms with Gasteiger partial charge in [-0.2, -0.15) is 4.90 Å². The van der Waals surface area contributed by atoms with Crippen molar-refractivity contribution in [1.82, 2.24) is 9.88 Å². The highest BCUT2D eigenvalue weighted by atomic mass is 35.5. The van der Waals surface area contributed by atoms with Crippen LogP contribution < -0.4 is 10.4 Å². The number of aliphatic hydroxyl groups is 2. The summed E-state index contributed by atoms with van der Waals surface area (Å²) >= 11 is 6.50. The number of hydrogen-bond acceptors (Lipinski definition) is 9. The first-order valence-corrected chi connectivity index (χ1v) is 20.9. The van der Waals surface area contributed by atoms with Gasteiger partial charge >= 0.3 is 6.09 Å². The molecule has 0 saturated carbocycles. The van der Waals surface area contributed by atoms with E-state index in [-0.39, 0.29) is 30.2 Å². The monoisotopic (exact) mass is 794 g/mol. The van der Waals surface area contributed by atoms with Gasteiger partial charge in [0.1, 0.15) is 5.75 Å². The Morgan fingerprint density at radius 1 is 0.982 bits per heavy atom. The van der Waals surface area contributed by atoms with Gasteiger partial charge < -0.3 is 24.5 Å². The number of carbonyl (C=O) groups is 3. The fourth-order valence-electron chi connectivity index (χ4n) is 8.42. The lowest BCUT2D eigenvalue weighted by atomic mass is 9.68. The van der Waals surface area contributed by atoms with E-state index in [1.165, 1.54) is 12.1 Å². The molecule has 4 atom stereocenters. The van der Waals surface area contributed by atoms with Crippen molar-refractivity contribution in [2.75, 3.05) is 20.3 Å². The molecule has 3 amide bonds. The fraction of sp³-hybridized carbons (Fsp3) is 0.318. The Balaban J connectivity index is 1.45. The van der Waals surface area contributed by atoms with Crippen LogP contribution in [0.25, 0.3) is 11.6 Å². The van der Waals surface area contributed by atoms with Crippen molar-refractivity contribution >= 4 is 59.8 Å². The Morgan fingerprint density at radius 2 is 1.62 bits per heavy atom. The standard InChI is InChI=1S/C44H47ClN2O8Si/c1-44(2,3)56(32-13-7-5-8-14-32,33-15-9-6-10-16-33)55-27-30-24-34-40(42(52)47(41(34)51)43(53)54-4)35(26-48)39(30)38(50)21-19-29(37-17-11-12-22-46-37)23-28-18-20-31(49)25-36(28)45/h5-18,20,22-23,25,34-35,38,40,48-50H,19,21,24,26-27H2,1-4H3/b29-23-/t34-,35+,38-,40-/m1/s1. The second-order valence-corrected chi connectivity index (χ2v) is 20.0. The molecule has 1 fully saturated rings. The molecule has 0 spiro atoms. The topological polar surface area (TPSA) is 146 Å². The van der Waals surface area contributed by atoms with Crippen molar-refractivity contribution in [3.63, 3.8) is 0 Å². The van der Waals surface area contributed by atoms with E-state index in [0.717, 1.165) is 23.1 Å². The SMILES string of the molecule is COC(=O)N1C(=O)[C@@H]2[C@@H](CC(CO[Si](c3ccccc3)(c3ccccc3)C(C)(C)C)=C([C@H](O)CC/C(=C/c3ccc(O)cc3Cl)c3ccccn3)[C@@H]2CO)C1=O. The molecule has 292 valence electrons. The van der Waals surface area contributed by atoms with Gasteiger partial charge in [-0.15, -0.1) is 0 Å². The third-order valence-corrected chi connectivity index (χ3v) is 16.3. The number of methoxy groups -OCH3 is 1. The smallest absolute Gasteiger partial charge is 0.423 e. The molecule has 4 aromatic rings. The lowest BCUT2D eigenvalue weighted by Gasteiger charge is -2.44. The summed E-state index contributed by atoms with van der Waals surface area (Å²) in [5, 5.41) is 35.3. The molecule has 1 aliphatic heterocycles. The van der Waals surface area contributed by atoms with Crippen LogP contribution in [0.15, 0.2) is 114 Å². The average molecular weight is 795 g/mol. The number of aliphatic hydroxyl groups excluding tert-OH is 2. The lowest BCUT2D eigenvalue weighted by molar-refractivity contribution is -0.137. The second kappa shape index (κ2) is 17.1. The van der Waals surface area contributed by atoms with E-state index in [0.29, 0.717) is 38.7 Å². The summed E-state index contributed by atoms with van der Waals surface area (Å²) in [7, 11) is -2.03. The summed E-state index contributed by atoms with van der Waals surface area (Å²) in [6, 6.07) is 30.3. The molecule has 3 N–H and O–H groups in total. The first kappa shape index (κ1) is 40.7. The molecule has 56 heavy (non-hydrogen) atoms. The molecule has 0 unspecified atom stereocenters. The van der Waals surface area contributed by atoms with E-state index in [4.69, 9.17) is 20.8 Å². The largest absolute Gasteiger partial charge is 0.508 e. The van der Waals surface area contributed by atoms with Gasteiger partial charge in [-0.05, 0) is 93.4 Å². The normalized spacial score (nSPS) is 19.6. The van der Waals surface area contributed by atoms with Crippen LogP contribution in [-0.2, 0) is 18.8 Å². The van der Waals surface area contributed by atoms with Crippen LogP contribution in [0.1, 0.15) is 51.3 Å². The number of benzene rings is 3. The minimum Gasteiger partial charge on any atom is -0.508 e. The maximum atomic E-state index is 13.8. The number of imide groups is 3. The van der Waals surface area contributed by atoms with E-state index in [2.05, 4.69) is 50.0 Å². The summed E-state index contributed by atoms with van der Waals surface area (Å²) in [4.78, 5) is 45.4. The van der Waals surface area contributed by atoms with Crippen molar-refractivity contribution in [2.24, 2.45) is 17.8 Å². The van der Waals surface area contributed by atoms with Gasteiger partial charge in [0, 0.05) is 12.1 Å². The number of pyridine rings is 1. The molecule has 1 aromatic heterocycles. The van der Waals surface area contributed by atoms with Gasteiger partial charge in [0.25, 0.3) is 8.32 Å². The maximum absolute atomic E-state index is 13.8.